The van der Waals surface area contributed by atoms with Crippen LogP contribution >= 0.6 is 0 Å². The van der Waals surface area contributed by atoms with Crippen molar-refractivity contribution in [3.05, 3.63) is 0 Å². The number of hydrogen-bond donors (Lipinski definition) is 2. The molecule has 92 valence electrons. The molecule has 0 bridgehead atoms. The zero-order valence-corrected chi connectivity index (χ0v) is 9.98. The van der Waals surface area contributed by atoms with Gasteiger partial charge in [0.05, 0.1) is 5.92 Å². The van der Waals surface area contributed by atoms with Crippen LogP contribution in [0.1, 0.15) is 32.6 Å². The molecule has 16 heavy (non-hydrogen) atoms. The summed E-state index contributed by atoms with van der Waals surface area (Å²) in [4.78, 5) is 13.2. The molecule has 2 saturated heterocycles. The van der Waals surface area contributed by atoms with E-state index in [1.807, 2.05) is 0 Å². The Kier molecular flexibility index (Phi) is 3.82. The molecular formula is C12H22N2O2. The molecule has 0 amide bonds. The third kappa shape index (κ3) is 2.55. The highest BCUT2D eigenvalue weighted by molar-refractivity contribution is 5.69. The molecule has 2 heterocycles. The van der Waals surface area contributed by atoms with Crippen molar-refractivity contribution in [2.45, 2.75) is 44.7 Å². The van der Waals surface area contributed by atoms with Crippen molar-refractivity contribution in [2.75, 3.05) is 19.6 Å². The maximum atomic E-state index is 10.9. The third-order valence-electron chi connectivity index (χ3n) is 3.91. The average Bonchev–Trinajstić information content (AvgIpc) is 2.85. The quantitative estimate of drug-likeness (QED) is 0.748. The molecule has 3 unspecified atom stereocenters. The summed E-state index contributed by atoms with van der Waals surface area (Å²) in [5.74, 6) is -0.924. The Morgan fingerprint density at radius 1 is 1.50 bits per heavy atom. The molecule has 0 aromatic carbocycles. The topological polar surface area (TPSA) is 52.6 Å². The summed E-state index contributed by atoms with van der Waals surface area (Å²) < 4.78 is 0. The van der Waals surface area contributed by atoms with Gasteiger partial charge in [-0.05, 0) is 38.8 Å². The van der Waals surface area contributed by atoms with Gasteiger partial charge in [0, 0.05) is 18.6 Å². The van der Waals surface area contributed by atoms with E-state index in [-0.39, 0.29) is 5.92 Å². The van der Waals surface area contributed by atoms with Crippen LogP contribution in [0.4, 0.5) is 0 Å². The summed E-state index contributed by atoms with van der Waals surface area (Å²) in [5, 5.41) is 12.5. The first-order valence-electron chi connectivity index (χ1n) is 6.38. The van der Waals surface area contributed by atoms with Gasteiger partial charge in [-0.3, -0.25) is 9.69 Å². The van der Waals surface area contributed by atoms with Crippen LogP contribution in [0.2, 0.25) is 0 Å². The van der Waals surface area contributed by atoms with Crippen LogP contribution in [0.25, 0.3) is 0 Å². The molecule has 0 spiro atoms. The summed E-state index contributed by atoms with van der Waals surface area (Å²) >= 11 is 0. The minimum Gasteiger partial charge on any atom is -0.481 e. The molecule has 0 saturated carbocycles. The van der Waals surface area contributed by atoms with Gasteiger partial charge in [0.25, 0.3) is 0 Å². The molecule has 2 aliphatic rings. The first-order chi connectivity index (χ1) is 7.68. The van der Waals surface area contributed by atoms with Crippen LogP contribution in [0.5, 0.6) is 0 Å². The second-order valence-electron chi connectivity index (χ2n) is 5.15. The van der Waals surface area contributed by atoms with Gasteiger partial charge in [0.1, 0.15) is 0 Å². The van der Waals surface area contributed by atoms with Crippen LogP contribution in [0, 0.1) is 5.92 Å². The first kappa shape index (κ1) is 11.9. The van der Waals surface area contributed by atoms with Crippen LogP contribution < -0.4 is 5.32 Å². The molecule has 4 heteroatoms. The smallest absolute Gasteiger partial charge is 0.307 e. The summed E-state index contributed by atoms with van der Waals surface area (Å²) in [5.41, 5.74) is 0. The van der Waals surface area contributed by atoms with E-state index < -0.39 is 5.97 Å². The number of hydrogen-bond acceptors (Lipinski definition) is 3. The van der Waals surface area contributed by atoms with Gasteiger partial charge in [0.15, 0.2) is 0 Å². The lowest BCUT2D eigenvalue weighted by atomic mass is 10.0. The summed E-state index contributed by atoms with van der Waals surface area (Å²) in [6.45, 7) is 4.71. The lowest BCUT2D eigenvalue weighted by Crippen LogP contribution is -2.46. The molecule has 2 aliphatic heterocycles. The fraction of sp³-hybridized carbons (Fsp3) is 0.917. The van der Waals surface area contributed by atoms with Crippen LogP contribution in [0.3, 0.4) is 0 Å². The maximum absolute atomic E-state index is 10.9. The van der Waals surface area contributed by atoms with E-state index in [1.54, 1.807) is 6.92 Å². The number of nitrogens with zero attached hydrogens (tertiary/aromatic N) is 1. The summed E-state index contributed by atoms with van der Waals surface area (Å²) in [7, 11) is 0. The van der Waals surface area contributed by atoms with Crippen molar-refractivity contribution in [1.29, 1.82) is 0 Å². The van der Waals surface area contributed by atoms with E-state index in [0.29, 0.717) is 18.6 Å². The maximum Gasteiger partial charge on any atom is 0.307 e. The van der Waals surface area contributed by atoms with Crippen molar-refractivity contribution >= 4 is 5.97 Å². The van der Waals surface area contributed by atoms with Crippen LogP contribution in [-0.4, -0.2) is 47.7 Å². The Labute approximate surface area is 97.0 Å². The Hall–Kier alpha value is -0.610. The summed E-state index contributed by atoms with van der Waals surface area (Å²) in [6.07, 6.45) is 4.96. The van der Waals surface area contributed by atoms with Crippen molar-refractivity contribution in [3.8, 4) is 0 Å². The molecule has 0 aliphatic carbocycles. The zero-order chi connectivity index (χ0) is 11.5. The standard InChI is InChI=1S/C12H22N2O2/c1-9(12(15)16)8-14-7-3-5-11(14)10-4-2-6-13-10/h9-11,13H,2-8H2,1H3,(H,15,16). The number of nitrogens with one attached hydrogen (secondary N) is 1. The van der Waals surface area contributed by atoms with Gasteiger partial charge >= 0.3 is 5.97 Å². The molecule has 0 aromatic heterocycles. The van der Waals surface area contributed by atoms with Gasteiger partial charge in [-0.2, -0.15) is 0 Å². The Morgan fingerprint density at radius 2 is 2.31 bits per heavy atom. The van der Waals surface area contributed by atoms with Crippen molar-refractivity contribution in [1.82, 2.24) is 10.2 Å². The summed E-state index contributed by atoms with van der Waals surface area (Å²) in [6, 6.07) is 1.17. The Bertz CT molecular complexity index is 251. The minimum atomic E-state index is -0.676. The van der Waals surface area contributed by atoms with Crippen molar-refractivity contribution in [3.63, 3.8) is 0 Å². The van der Waals surface area contributed by atoms with Gasteiger partial charge < -0.3 is 10.4 Å². The van der Waals surface area contributed by atoms with E-state index in [2.05, 4.69) is 10.2 Å². The third-order valence-corrected chi connectivity index (χ3v) is 3.91. The van der Waals surface area contributed by atoms with Crippen molar-refractivity contribution < 1.29 is 9.90 Å². The minimum absolute atomic E-state index is 0.248. The molecule has 2 fully saturated rings. The van der Waals surface area contributed by atoms with Gasteiger partial charge in [-0.25, -0.2) is 0 Å². The first-order valence-corrected chi connectivity index (χ1v) is 6.38. The number of aliphatic carboxylic acids is 1. The van der Waals surface area contributed by atoms with Crippen LogP contribution in [-0.2, 0) is 4.79 Å². The highest BCUT2D eigenvalue weighted by Gasteiger charge is 2.34. The highest BCUT2D eigenvalue weighted by atomic mass is 16.4. The number of carboxylic acids is 1. The zero-order valence-electron chi connectivity index (χ0n) is 9.98. The van der Waals surface area contributed by atoms with Gasteiger partial charge in [0.2, 0.25) is 0 Å². The highest BCUT2D eigenvalue weighted by Crippen LogP contribution is 2.25. The van der Waals surface area contributed by atoms with E-state index >= 15 is 0 Å². The molecule has 3 atom stereocenters. The Balaban J connectivity index is 1.89. The largest absolute Gasteiger partial charge is 0.481 e. The normalized spacial score (nSPS) is 33.1. The van der Waals surface area contributed by atoms with E-state index in [0.717, 1.165) is 13.1 Å². The fourth-order valence-electron chi connectivity index (χ4n) is 3.00. The van der Waals surface area contributed by atoms with Gasteiger partial charge in [-0.15, -0.1) is 0 Å². The predicted molar refractivity (Wildman–Crippen MR) is 62.4 cm³/mol. The van der Waals surface area contributed by atoms with E-state index in [1.165, 1.54) is 25.7 Å². The lowest BCUT2D eigenvalue weighted by molar-refractivity contribution is -0.141. The lowest BCUT2D eigenvalue weighted by Gasteiger charge is -2.30. The van der Waals surface area contributed by atoms with Gasteiger partial charge in [-0.1, -0.05) is 6.92 Å². The fourth-order valence-corrected chi connectivity index (χ4v) is 3.00. The molecule has 2 rings (SSSR count). The van der Waals surface area contributed by atoms with Crippen LogP contribution in [0.15, 0.2) is 0 Å². The van der Waals surface area contributed by atoms with Crippen molar-refractivity contribution in [2.24, 2.45) is 5.92 Å². The molecule has 0 aromatic rings. The molecule has 0 radical (unpaired) electrons. The van der Waals surface area contributed by atoms with E-state index in [9.17, 15) is 4.79 Å². The monoisotopic (exact) mass is 226 g/mol. The second-order valence-corrected chi connectivity index (χ2v) is 5.15. The predicted octanol–water partition coefficient (Wildman–Crippen LogP) is 0.923. The number of carbonyl (C=O) groups is 1. The number of rotatable bonds is 4. The van der Waals surface area contributed by atoms with E-state index in [4.69, 9.17) is 5.11 Å². The molecular weight excluding hydrogens is 204 g/mol. The molecule has 2 N–H and O–H groups in total. The SMILES string of the molecule is CC(CN1CCCC1C1CCCN1)C(=O)O. The Morgan fingerprint density at radius 3 is 2.94 bits per heavy atom. The number of carboxylic acid groups (broad SMARTS) is 1. The number of likely N-dealkylation sites (tertiary alicyclic amines) is 1. The average molecular weight is 226 g/mol. The second kappa shape index (κ2) is 5.15. The molecule has 4 nitrogen and oxygen atoms in total.